The lowest BCUT2D eigenvalue weighted by atomic mass is 10.6. The van der Waals surface area contributed by atoms with Gasteiger partial charge in [-0.15, -0.1) is 0 Å². The molecule has 0 saturated carbocycles. The number of rotatable bonds is 1. The van der Waals surface area contributed by atoms with Crippen LogP contribution < -0.4 is 0 Å². The zero-order valence-electron chi connectivity index (χ0n) is 5.90. The molecule has 0 fully saturated rings. The summed E-state index contributed by atoms with van der Waals surface area (Å²) in [4.78, 5) is 16.6. The molecule has 0 saturated heterocycles. The van der Waals surface area contributed by atoms with Gasteiger partial charge < -0.3 is 4.79 Å². The number of nitrogens with zero attached hydrogens (tertiary/aromatic N) is 2. The van der Waals surface area contributed by atoms with Crippen molar-refractivity contribution in [3.8, 4) is 0 Å². The number of aromatic nitrogens is 2. The molecule has 0 unspecified atom stereocenters. The number of aldehydes is 1. The van der Waals surface area contributed by atoms with Gasteiger partial charge in [0.05, 0.1) is 0 Å². The van der Waals surface area contributed by atoms with Gasteiger partial charge in [0, 0.05) is 31.2 Å². The van der Waals surface area contributed by atoms with E-state index in [4.69, 9.17) is 0 Å². The molecule has 1 aromatic rings. The monoisotopic (exact) mass is 138 g/mol. The van der Waals surface area contributed by atoms with E-state index >= 15 is 0 Å². The Labute approximate surface area is 60.1 Å². The molecule has 0 atom stereocenters. The van der Waals surface area contributed by atoms with Gasteiger partial charge in [-0.05, 0) is 0 Å². The fraction of sp³-hybridized carbons (Fsp3) is 0.286. The lowest BCUT2D eigenvalue weighted by Crippen LogP contribution is -1.66. The third-order valence-electron chi connectivity index (χ3n) is 0.644. The van der Waals surface area contributed by atoms with Gasteiger partial charge in [0.25, 0.3) is 0 Å². The second-order valence-electron chi connectivity index (χ2n) is 1.47. The predicted octanol–water partition coefficient (Wildman–Crippen LogP) is 1.07. The molecule has 0 amide bonds. The Morgan fingerprint density at radius 3 is 1.60 bits per heavy atom. The summed E-state index contributed by atoms with van der Waals surface area (Å²) in [6.07, 6.45) is 8.07. The highest BCUT2D eigenvalue weighted by Crippen LogP contribution is 1.65. The van der Waals surface area contributed by atoms with E-state index in [0.29, 0.717) is 6.42 Å². The van der Waals surface area contributed by atoms with E-state index in [1.54, 1.807) is 24.8 Å². The summed E-state index contributed by atoms with van der Waals surface area (Å²) in [5.74, 6) is 0. The predicted molar refractivity (Wildman–Crippen MR) is 38.4 cm³/mol. The fourth-order valence-electron chi connectivity index (χ4n) is 0.253. The molecule has 0 aliphatic heterocycles. The number of carbonyl (C=O) groups excluding carboxylic acids is 1. The second-order valence-corrected chi connectivity index (χ2v) is 1.47. The minimum Gasteiger partial charge on any atom is -0.303 e. The van der Waals surface area contributed by atoms with Crippen LogP contribution in [0.15, 0.2) is 24.8 Å². The molecule has 1 heterocycles. The standard InChI is InChI=1S/C4H4N2.C3H6O/c1-2-6-4-3-5-1;1-2-3-4/h1-4H;3H,2H2,1H3. The van der Waals surface area contributed by atoms with Crippen LogP contribution in [0.1, 0.15) is 13.3 Å². The maximum absolute atomic E-state index is 9.17. The quantitative estimate of drug-likeness (QED) is 0.545. The summed E-state index contributed by atoms with van der Waals surface area (Å²) in [6.45, 7) is 1.81. The Morgan fingerprint density at radius 2 is 1.50 bits per heavy atom. The molecule has 10 heavy (non-hydrogen) atoms. The van der Waals surface area contributed by atoms with Crippen molar-refractivity contribution in [3.63, 3.8) is 0 Å². The van der Waals surface area contributed by atoms with Crippen molar-refractivity contribution in [2.24, 2.45) is 0 Å². The van der Waals surface area contributed by atoms with Gasteiger partial charge in [-0.1, -0.05) is 6.92 Å². The molecule has 1 aromatic heterocycles. The van der Waals surface area contributed by atoms with Crippen LogP contribution in [-0.2, 0) is 4.79 Å². The zero-order chi connectivity index (χ0) is 7.66. The number of hydrogen-bond donors (Lipinski definition) is 0. The Bertz CT molecular complexity index is 126. The molecule has 0 aromatic carbocycles. The Balaban J connectivity index is 0.000000180. The first-order valence-corrected chi connectivity index (χ1v) is 3.05. The minimum atomic E-state index is 0.639. The van der Waals surface area contributed by atoms with E-state index in [1.807, 2.05) is 6.92 Å². The smallest absolute Gasteiger partial charge is 0.119 e. The Morgan fingerprint density at radius 1 is 1.20 bits per heavy atom. The highest BCUT2D eigenvalue weighted by molar-refractivity contribution is 5.48. The molecule has 0 aliphatic carbocycles. The SMILES string of the molecule is CCC=O.c1cnccn1. The van der Waals surface area contributed by atoms with Gasteiger partial charge in [-0.3, -0.25) is 9.97 Å². The van der Waals surface area contributed by atoms with Crippen LogP contribution in [0.25, 0.3) is 0 Å². The van der Waals surface area contributed by atoms with Crippen molar-refractivity contribution in [1.82, 2.24) is 9.97 Å². The Kier molecular flexibility index (Phi) is 6.78. The summed E-state index contributed by atoms with van der Waals surface area (Å²) in [7, 11) is 0. The van der Waals surface area contributed by atoms with Gasteiger partial charge in [0.2, 0.25) is 0 Å². The molecular formula is C7H10N2O. The summed E-state index contributed by atoms with van der Waals surface area (Å²) in [5.41, 5.74) is 0. The highest BCUT2D eigenvalue weighted by atomic mass is 16.1. The first kappa shape index (κ1) is 8.75. The summed E-state index contributed by atoms with van der Waals surface area (Å²) >= 11 is 0. The van der Waals surface area contributed by atoms with Crippen molar-refractivity contribution in [1.29, 1.82) is 0 Å². The van der Waals surface area contributed by atoms with E-state index in [9.17, 15) is 4.79 Å². The van der Waals surface area contributed by atoms with Crippen LogP contribution in [0.2, 0.25) is 0 Å². The largest absolute Gasteiger partial charge is 0.303 e. The average Bonchev–Trinajstić information content (AvgIpc) is 2.08. The molecule has 0 bridgehead atoms. The molecule has 3 heteroatoms. The molecule has 54 valence electrons. The third-order valence-corrected chi connectivity index (χ3v) is 0.644. The number of carbonyl (C=O) groups is 1. The summed E-state index contributed by atoms with van der Waals surface area (Å²) in [5, 5.41) is 0. The van der Waals surface area contributed by atoms with Crippen LogP contribution in [0, 0.1) is 0 Å². The zero-order valence-corrected chi connectivity index (χ0v) is 5.90. The summed E-state index contributed by atoms with van der Waals surface area (Å²) < 4.78 is 0. The lowest BCUT2D eigenvalue weighted by molar-refractivity contribution is -0.107. The third kappa shape index (κ3) is 6.75. The molecule has 0 radical (unpaired) electrons. The van der Waals surface area contributed by atoms with Gasteiger partial charge >= 0.3 is 0 Å². The Hall–Kier alpha value is -1.25. The van der Waals surface area contributed by atoms with E-state index in [-0.39, 0.29) is 0 Å². The van der Waals surface area contributed by atoms with Crippen LogP contribution in [-0.4, -0.2) is 16.3 Å². The first-order valence-electron chi connectivity index (χ1n) is 3.05. The van der Waals surface area contributed by atoms with Crippen LogP contribution in [0.5, 0.6) is 0 Å². The molecule has 0 spiro atoms. The maximum atomic E-state index is 9.17. The molecular weight excluding hydrogens is 128 g/mol. The molecule has 3 nitrogen and oxygen atoms in total. The fourth-order valence-corrected chi connectivity index (χ4v) is 0.253. The molecule has 0 aliphatic rings. The second kappa shape index (κ2) is 7.75. The normalized spacial score (nSPS) is 7.30. The van der Waals surface area contributed by atoms with Gasteiger partial charge in [0.1, 0.15) is 6.29 Å². The first-order chi connectivity index (χ1) is 4.91. The van der Waals surface area contributed by atoms with Gasteiger partial charge in [-0.2, -0.15) is 0 Å². The van der Waals surface area contributed by atoms with Crippen molar-refractivity contribution in [2.75, 3.05) is 0 Å². The average molecular weight is 138 g/mol. The van der Waals surface area contributed by atoms with Crippen LogP contribution in [0.4, 0.5) is 0 Å². The molecule has 0 N–H and O–H groups in total. The topological polar surface area (TPSA) is 42.9 Å². The van der Waals surface area contributed by atoms with Gasteiger partial charge in [-0.25, -0.2) is 0 Å². The van der Waals surface area contributed by atoms with E-state index in [1.165, 1.54) is 0 Å². The van der Waals surface area contributed by atoms with E-state index < -0.39 is 0 Å². The number of hydrogen-bond acceptors (Lipinski definition) is 3. The van der Waals surface area contributed by atoms with Gasteiger partial charge in [0.15, 0.2) is 0 Å². The van der Waals surface area contributed by atoms with Crippen LogP contribution >= 0.6 is 0 Å². The van der Waals surface area contributed by atoms with Crippen molar-refractivity contribution >= 4 is 6.29 Å². The van der Waals surface area contributed by atoms with E-state index in [2.05, 4.69) is 9.97 Å². The maximum Gasteiger partial charge on any atom is 0.119 e. The van der Waals surface area contributed by atoms with E-state index in [0.717, 1.165) is 6.29 Å². The van der Waals surface area contributed by atoms with Crippen molar-refractivity contribution < 1.29 is 4.79 Å². The van der Waals surface area contributed by atoms with Crippen LogP contribution in [0.3, 0.4) is 0 Å². The highest BCUT2D eigenvalue weighted by Gasteiger charge is 1.59. The minimum absolute atomic E-state index is 0.639. The summed E-state index contributed by atoms with van der Waals surface area (Å²) in [6, 6.07) is 0. The van der Waals surface area contributed by atoms with Crippen molar-refractivity contribution in [2.45, 2.75) is 13.3 Å². The molecule has 1 rings (SSSR count). The lowest BCUT2D eigenvalue weighted by Gasteiger charge is -1.70. The van der Waals surface area contributed by atoms with Crippen molar-refractivity contribution in [3.05, 3.63) is 24.8 Å².